The van der Waals surface area contributed by atoms with E-state index in [1.165, 1.54) is 12.3 Å². The van der Waals surface area contributed by atoms with Crippen molar-refractivity contribution in [2.45, 2.75) is 33.1 Å². The average molecular weight is 326 g/mol. The molecule has 0 unspecified atom stereocenters. The number of hydrogen-bond acceptors (Lipinski definition) is 4. The van der Waals surface area contributed by atoms with Gasteiger partial charge >= 0.3 is 5.97 Å². The molecule has 0 radical (unpaired) electrons. The van der Waals surface area contributed by atoms with E-state index in [2.05, 4.69) is 31.1 Å². The Bertz CT molecular complexity index is 731. The summed E-state index contributed by atoms with van der Waals surface area (Å²) in [6.07, 6.45) is 1.46. The minimum Gasteiger partial charge on any atom is -0.462 e. The van der Waals surface area contributed by atoms with Gasteiger partial charge in [0.15, 0.2) is 0 Å². The van der Waals surface area contributed by atoms with Gasteiger partial charge in [-0.05, 0) is 42.2 Å². The number of amides is 1. The van der Waals surface area contributed by atoms with Crippen LogP contribution < -0.4 is 5.32 Å². The molecule has 0 spiro atoms. The number of nitrogens with zero attached hydrogens (tertiary/aromatic N) is 1. The average Bonchev–Trinajstić information content (AvgIpc) is 2.54. The second-order valence-electron chi connectivity index (χ2n) is 6.43. The fourth-order valence-corrected chi connectivity index (χ4v) is 2.15. The fraction of sp³-hybridized carbons (Fsp3) is 0.316. The number of aromatic nitrogens is 1. The Morgan fingerprint density at radius 1 is 1.08 bits per heavy atom. The first kappa shape index (κ1) is 17.7. The van der Waals surface area contributed by atoms with Crippen molar-refractivity contribution < 1.29 is 14.3 Å². The number of pyridine rings is 1. The van der Waals surface area contributed by atoms with Crippen LogP contribution in [0.2, 0.25) is 0 Å². The summed E-state index contributed by atoms with van der Waals surface area (Å²) < 4.78 is 4.94. The molecule has 0 aliphatic carbocycles. The van der Waals surface area contributed by atoms with Gasteiger partial charge in [0, 0.05) is 11.8 Å². The van der Waals surface area contributed by atoms with Crippen LogP contribution in [0.15, 0.2) is 42.6 Å². The summed E-state index contributed by atoms with van der Waals surface area (Å²) in [7, 11) is 0. The third-order valence-electron chi connectivity index (χ3n) is 3.53. The van der Waals surface area contributed by atoms with Crippen LogP contribution in [-0.2, 0) is 10.2 Å². The van der Waals surface area contributed by atoms with Crippen molar-refractivity contribution in [3.63, 3.8) is 0 Å². The van der Waals surface area contributed by atoms with Crippen LogP contribution in [0.1, 0.15) is 54.0 Å². The van der Waals surface area contributed by atoms with E-state index in [-0.39, 0.29) is 11.3 Å². The van der Waals surface area contributed by atoms with Crippen LogP contribution in [0.3, 0.4) is 0 Å². The topological polar surface area (TPSA) is 68.3 Å². The zero-order valence-corrected chi connectivity index (χ0v) is 14.4. The first-order valence-electron chi connectivity index (χ1n) is 7.86. The van der Waals surface area contributed by atoms with E-state index < -0.39 is 5.97 Å². The van der Waals surface area contributed by atoms with E-state index >= 15 is 0 Å². The number of hydrogen-bond donors (Lipinski definition) is 1. The molecule has 5 heteroatoms. The Balaban J connectivity index is 2.12. The highest BCUT2D eigenvalue weighted by Crippen LogP contribution is 2.22. The zero-order valence-electron chi connectivity index (χ0n) is 14.4. The van der Waals surface area contributed by atoms with Crippen LogP contribution >= 0.6 is 0 Å². The summed E-state index contributed by atoms with van der Waals surface area (Å²) >= 11 is 0. The highest BCUT2D eigenvalue weighted by Gasteiger charge is 2.15. The first-order chi connectivity index (χ1) is 11.3. The smallest absolute Gasteiger partial charge is 0.338 e. The summed E-state index contributed by atoms with van der Waals surface area (Å²) in [5, 5.41) is 2.70. The number of rotatable bonds is 4. The molecule has 5 nitrogen and oxygen atoms in total. The predicted molar refractivity (Wildman–Crippen MR) is 93.3 cm³/mol. The van der Waals surface area contributed by atoms with Crippen LogP contribution in [-0.4, -0.2) is 23.5 Å². The molecular formula is C19H22N2O3. The number of ether oxygens (including phenoxy) is 1. The minimum absolute atomic E-state index is 0.0323. The van der Waals surface area contributed by atoms with Crippen LogP contribution in [0, 0.1) is 0 Å². The van der Waals surface area contributed by atoms with Gasteiger partial charge in [0.25, 0.3) is 5.91 Å². The van der Waals surface area contributed by atoms with Gasteiger partial charge < -0.3 is 10.1 Å². The van der Waals surface area contributed by atoms with Crippen molar-refractivity contribution in [3.8, 4) is 0 Å². The maximum Gasteiger partial charge on any atom is 0.338 e. The van der Waals surface area contributed by atoms with Crippen molar-refractivity contribution in [1.82, 2.24) is 4.98 Å². The van der Waals surface area contributed by atoms with E-state index in [1.807, 2.05) is 12.1 Å². The third kappa shape index (κ3) is 4.41. The number of benzene rings is 1. The molecule has 0 aliphatic rings. The highest BCUT2D eigenvalue weighted by atomic mass is 16.5. The minimum atomic E-state index is -0.440. The van der Waals surface area contributed by atoms with Crippen molar-refractivity contribution in [2.24, 2.45) is 0 Å². The molecule has 0 atom stereocenters. The zero-order chi connectivity index (χ0) is 17.7. The maximum absolute atomic E-state index is 12.3. The van der Waals surface area contributed by atoms with Crippen molar-refractivity contribution >= 4 is 17.7 Å². The lowest BCUT2D eigenvalue weighted by molar-refractivity contribution is 0.0526. The molecule has 1 N–H and O–H groups in total. The lowest BCUT2D eigenvalue weighted by Crippen LogP contribution is -2.15. The predicted octanol–water partition coefficient (Wildman–Crippen LogP) is 3.81. The molecular weight excluding hydrogens is 304 g/mol. The number of nitrogens with one attached hydrogen (secondary N) is 1. The Morgan fingerprint density at radius 2 is 1.75 bits per heavy atom. The second kappa shape index (κ2) is 7.25. The number of carbonyl (C=O) groups excluding carboxylic acids is 2. The lowest BCUT2D eigenvalue weighted by Gasteiger charge is -2.19. The Morgan fingerprint density at radius 3 is 2.33 bits per heavy atom. The summed E-state index contributed by atoms with van der Waals surface area (Å²) in [5.41, 5.74) is 2.07. The number of anilines is 1. The molecule has 0 fully saturated rings. The summed E-state index contributed by atoms with van der Waals surface area (Å²) in [4.78, 5) is 28.1. The summed E-state index contributed by atoms with van der Waals surface area (Å²) in [5.74, 6) is -0.403. The van der Waals surface area contributed by atoms with Gasteiger partial charge in [0.05, 0.1) is 12.2 Å². The van der Waals surface area contributed by atoms with Crippen molar-refractivity contribution in [2.75, 3.05) is 11.9 Å². The van der Waals surface area contributed by atoms with Gasteiger partial charge in [-0.2, -0.15) is 0 Å². The molecule has 2 aromatic rings. The SMILES string of the molecule is CCOC(=O)c1ccnc(NC(=O)c2ccc(C(C)(C)C)cc2)c1. The van der Waals surface area contributed by atoms with Crippen LogP contribution in [0.25, 0.3) is 0 Å². The van der Waals surface area contributed by atoms with E-state index in [4.69, 9.17) is 4.74 Å². The molecule has 1 heterocycles. The van der Waals surface area contributed by atoms with Gasteiger partial charge in [-0.15, -0.1) is 0 Å². The fourth-order valence-electron chi connectivity index (χ4n) is 2.15. The van der Waals surface area contributed by atoms with Gasteiger partial charge in [0.1, 0.15) is 5.82 Å². The quantitative estimate of drug-likeness (QED) is 0.868. The molecule has 2 rings (SSSR count). The maximum atomic E-state index is 12.3. The Kier molecular flexibility index (Phi) is 5.34. The number of esters is 1. The molecule has 126 valence electrons. The highest BCUT2D eigenvalue weighted by molar-refractivity contribution is 6.04. The first-order valence-corrected chi connectivity index (χ1v) is 7.86. The van der Waals surface area contributed by atoms with E-state index in [0.29, 0.717) is 23.6 Å². The lowest BCUT2D eigenvalue weighted by atomic mass is 9.87. The van der Waals surface area contributed by atoms with E-state index in [1.54, 1.807) is 25.1 Å². The number of carbonyl (C=O) groups is 2. The second-order valence-corrected chi connectivity index (χ2v) is 6.43. The van der Waals surface area contributed by atoms with Crippen molar-refractivity contribution in [3.05, 3.63) is 59.3 Å². The van der Waals surface area contributed by atoms with Gasteiger partial charge in [-0.25, -0.2) is 9.78 Å². The van der Waals surface area contributed by atoms with E-state index in [0.717, 1.165) is 5.56 Å². The van der Waals surface area contributed by atoms with Crippen molar-refractivity contribution in [1.29, 1.82) is 0 Å². The summed E-state index contributed by atoms with van der Waals surface area (Å²) in [6, 6.07) is 10.5. The Labute approximate surface area is 142 Å². The standard InChI is InChI=1S/C19H22N2O3/c1-5-24-18(23)14-10-11-20-16(12-14)21-17(22)13-6-8-15(9-7-13)19(2,3)4/h6-12H,5H2,1-4H3,(H,20,21,22). The summed E-state index contributed by atoms with van der Waals surface area (Å²) in [6.45, 7) is 8.39. The van der Waals surface area contributed by atoms with E-state index in [9.17, 15) is 9.59 Å². The largest absolute Gasteiger partial charge is 0.462 e. The van der Waals surface area contributed by atoms with Crippen LogP contribution in [0.5, 0.6) is 0 Å². The molecule has 1 amide bonds. The van der Waals surface area contributed by atoms with Gasteiger partial charge in [-0.1, -0.05) is 32.9 Å². The third-order valence-corrected chi connectivity index (χ3v) is 3.53. The van der Waals surface area contributed by atoms with Gasteiger partial charge in [-0.3, -0.25) is 4.79 Å². The molecule has 0 saturated heterocycles. The molecule has 24 heavy (non-hydrogen) atoms. The van der Waals surface area contributed by atoms with Gasteiger partial charge in [0.2, 0.25) is 0 Å². The Hall–Kier alpha value is -2.69. The molecule has 0 aliphatic heterocycles. The molecule has 0 saturated carbocycles. The molecule has 0 bridgehead atoms. The van der Waals surface area contributed by atoms with Crippen LogP contribution in [0.4, 0.5) is 5.82 Å². The molecule has 1 aromatic carbocycles. The monoisotopic (exact) mass is 326 g/mol. The normalized spacial score (nSPS) is 11.0. The molecule has 1 aromatic heterocycles.